The van der Waals surface area contributed by atoms with Crippen LogP contribution in [0.5, 0.6) is 5.75 Å². The molecule has 0 fully saturated rings. The fourth-order valence-corrected chi connectivity index (χ4v) is 2.30. The second-order valence-electron chi connectivity index (χ2n) is 5.79. The first-order valence-electron chi connectivity index (χ1n) is 7.44. The molecular weight excluding hydrogens is 236 g/mol. The minimum atomic E-state index is 0.0602. The van der Waals surface area contributed by atoms with Gasteiger partial charge in [0.25, 0.3) is 0 Å². The minimum Gasteiger partial charge on any atom is -0.491 e. The maximum absolute atomic E-state index is 8.73. The molecule has 0 bridgehead atoms. The van der Waals surface area contributed by atoms with Gasteiger partial charge in [-0.15, -0.1) is 0 Å². The molecule has 0 spiro atoms. The quantitative estimate of drug-likeness (QED) is 0.674. The van der Waals surface area contributed by atoms with E-state index in [4.69, 9.17) is 9.84 Å². The first-order chi connectivity index (χ1) is 9.10. The van der Waals surface area contributed by atoms with Gasteiger partial charge >= 0.3 is 0 Å². The van der Waals surface area contributed by atoms with E-state index >= 15 is 0 Å². The van der Waals surface area contributed by atoms with Crippen molar-refractivity contribution in [1.29, 1.82) is 0 Å². The van der Waals surface area contributed by atoms with E-state index in [1.54, 1.807) is 0 Å². The van der Waals surface area contributed by atoms with E-state index in [1.807, 2.05) is 12.1 Å². The fraction of sp³-hybridized carbons (Fsp3) is 0.647. The normalized spacial score (nSPS) is 11.6. The van der Waals surface area contributed by atoms with Gasteiger partial charge in [0.1, 0.15) is 12.4 Å². The lowest BCUT2D eigenvalue weighted by Gasteiger charge is -2.25. The number of aliphatic hydroxyl groups is 1. The molecule has 0 heterocycles. The third-order valence-electron chi connectivity index (χ3n) is 3.65. The summed E-state index contributed by atoms with van der Waals surface area (Å²) in [5.41, 5.74) is 1.59. The van der Waals surface area contributed by atoms with E-state index in [0.717, 1.165) is 5.75 Å². The Balaban J connectivity index is 2.52. The van der Waals surface area contributed by atoms with Crippen molar-refractivity contribution in [2.24, 2.45) is 0 Å². The zero-order valence-corrected chi connectivity index (χ0v) is 12.6. The largest absolute Gasteiger partial charge is 0.491 e. The smallest absolute Gasteiger partial charge is 0.119 e. The van der Waals surface area contributed by atoms with Crippen molar-refractivity contribution < 1.29 is 9.84 Å². The van der Waals surface area contributed by atoms with Crippen LogP contribution in [-0.4, -0.2) is 18.3 Å². The Bertz CT molecular complexity index is 341. The van der Waals surface area contributed by atoms with E-state index in [1.165, 1.54) is 37.7 Å². The molecule has 1 N–H and O–H groups in total. The van der Waals surface area contributed by atoms with Gasteiger partial charge < -0.3 is 9.84 Å². The maximum Gasteiger partial charge on any atom is 0.119 e. The topological polar surface area (TPSA) is 29.5 Å². The monoisotopic (exact) mass is 264 g/mol. The number of unbranched alkanes of at least 4 members (excludes halogenated alkanes) is 3. The van der Waals surface area contributed by atoms with Crippen LogP contribution in [-0.2, 0) is 5.41 Å². The molecule has 2 heteroatoms. The maximum atomic E-state index is 8.73. The summed E-state index contributed by atoms with van der Waals surface area (Å²) in [6.07, 6.45) is 6.48. The van der Waals surface area contributed by atoms with Gasteiger partial charge in [0.15, 0.2) is 0 Å². The predicted molar refractivity (Wildman–Crippen MR) is 80.8 cm³/mol. The summed E-state index contributed by atoms with van der Waals surface area (Å²) in [5.74, 6) is 0.833. The lowest BCUT2D eigenvalue weighted by Crippen LogP contribution is -2.16. The highest BCUT2D eigenvalue weighted by Gasteiger charge is 2.19. The summed E-state index contributed by atoms with van der Waals surface area (Å²) in [5, 5.41) is 8.73. The zero-order chi connectivity index (χ0) is 14.1. The Morgan fingerprint density at radius 3 is 2.32 bits per heavy atom. The molecule has 0 aromatic heterocycles. The third kappa shape index (κ3) is 5.65. The Labute approximate surface area is 117 Å². The van der Waals surface area contributed by atoms with Crippen molar-refractivity contribution in [1.82, 2.24) is 0 Å². The summed E-state index contributed by atoms with van der Waals surface area (Å²) in [4.78, 5) is 0. The van der Waals surface area contributed by atoms with Gasteiger partial charge in [-0.2, -0.15) is 0 Å². The van der Waals surface area contributed by atoms with Gasteiger partial charge in [0.05, 0.1) is 6.61 Å². The van der Waals surface area contributed by atoms with Crippen LogP contribution in [0.4, 0.5) is 0 Å². The average Bonchev–Trinajstić information content (AvgIpc) is 2.42. The van der Waals surface area contributed by atoms with Crippen molar-refractivity contribution >= 4 is 0 Å². The number of hydrogen-bond donors (Lipinski definition) is 1. The molecule has 0 amide bonds. The molecule has 1 aromatic rings. The summed E-state index contributed by atoms with van der Waals surface area (Å²) < 4.78 is 5.39. The number of rotatable bonds is 9. The highest BCUT2D eigenvalue weighted by molar-refractivity contribution is 5.31. The van der Waals surface area contributed by atoms with E-state index in [-0.39, 0.29) is 12.0 Å². The minimum absolute atomic E-state index is 0.0602. The molecule has 19 heavy (non-hydrogen) atoms. The highest BCUT2D eigenvalue weighted by atomic mass is 16.5. The number of aliphatic hydroxyl groups excluding tert-OH is 1. The Morgan fingerprint density at radius 2 is 1.74 bits per heavy atom. The number of ether oxygens (including phenoxy) is 1. The Kier molecular flexibility index (Phi) is 6.93. The van der Waals surface area contributed by atoms with E-state index in [0.29, 0.717) is 6.61 Å². The Hall–Kier alpha value is -1.02. The fourth-order valence-electron chi connectivity index (χ4n) is 2.30. The standard InChI is InChI=1S/C17H28O2/c1-4-5-6-7-12-17(2,3)15-8-10-16(11-9-15)19-14-13-18/h8-11,18H,4-7,12-14H2,1-3H3. The van der Waals surface area contributed by atoms with Gasteiger partial charge in [-0.3, -0.25) is 0 Å². The molecule has 108 valence electrons. The van der Waals surface area contributed by atoms with E-state index in [9.17, 15) is 0 Å². The first kappa shape index (κ1) is 16.0. The lowest BCUT2D eigenvalue weighted by molar-refractivity contribution is 0.201. The van der Waals surface area contributed by atoms with Gasteiger partial charge in [-0.25, -0.2) is 0 Å². The SMILES string of the molecule is CCCCCCC(C)(C)c1ccc(OCCO)cc1. The molecule has 0 aliphatic heterocycles. The molecule has 0 saturated carbocycles. The average molecular weight is 264 g/mol. The molecule has 0 saturated heterocycles. The first-order valence-corrected chi connectivity index (χ1v) is 7.44. The second kappa shape index (κ2) is 8.21. The summed E-state index contributed by atoms with van der Waals surface area (Å²) in [6.45, 7) is 7.28. The van der Waals surface area contributed by atoms with Gasteiger partial charge in [0, 0.05) is 0 Å². The molecule has 0 radical (unpaired) electrons. The lowest BCUT2D eigenvalue weighted by atomic mass is 9.80. The second-order valence-corrected chi connectivity index (χ2v) is 5.79. The summed E-state index contributed by atoms with van der Waals surface area (Å²) in [6, 6.07) is 8.29. The molecule has 1 rings (SSSR count). The van der Waals surface area contributed by atoms with Crippen molar-refractivity contribution in [2.75, 3.05) is 13.2 Å². The molecule has 1 aromatic carbocycles. The third-order valence-corrected chi connectivity index (χ3v) is 3.65. The molecule has 2 nitrogen and oxygen atoms in total. The van der Waals surface area contributed by atoms with Crippen molar-refractivity contribution in [2.45, 2.75) is 58.3 Å². The van der Waals surface area contributed by atoms with E-state index in [2.05, 4.69) is 32.9 Å². The molecule has 0 aliphatic rings. The zero-order valence-electron chi connectivity index (χ0n) is 12.6. The number of benzene rings is 1. The van der Waals surface area contributed by atoms with Crippen LogP contribution in [0.3, 0.4) is 0 Å². The van der Waals surface area contributed by atoms with Gasteiger partial charge in [-0.1, -0.05) is 58.6 Å². The molecular formula is C17H28O2. The van der Waals surface area contributed by atoms with E-state index < -0.39 is 0 Å². The van der Waals surface area contributed by atoms with Crippen molar-refractivity contribution in [3.63, 3.8) is 0 Å². The van der Waals surface area contributed by atoms with Crippen molar-refractivity contribution in [3.05, 3.63) is 29.8 Å². The van der Waals surface area contributed by atoms with Crippen molar-refractivity contribution in [3.8, 4) is 5.75 Å². The van der Waals surface area contributed by atoms with Crippen LogP contribution in [0.2, 0.25) is 0 Å². The van der Waals surface area contributed by atoms with Crippen LogP contribution in [0.1, 0.15) is 58.4 Å². The molecule has 0 atom stereocenters. The van der Waals surface area contributed by atoms with Crippen LogP contribution < -0.4 is 4.74 Å². The summed E-state index contributed by atoms with van der Waals surface area (Å²) >= 11 is 0. The molecule has 0 aliphatic carbocycles. The van der Waals surface area contributed by atoms with Gasteiger partial charge in [-0.05, 0) is 29.5 Å². The Morgan fingerprint density at radius 1 is 1.05 bits per heavy atom. The van der Waals surface area contributed by atoms with Gasteiger partial charge in [0.2, 0.25) is 0 Å². The van der Waals surface area contributed by atoms with Crippen LogP contribution in [0, 0.1) is 0 Å². The predicted octanol–water partition coefficient (Wildman–Crippen LogP) is 4.31. The summed E-state index contributed by atoms with van der Waals surface area (Å²) in [7, 11) is 0. The highest BCUT2D eigenvalue weighted by Crippen LogP contribution is 2.30. The van der Waals surface area contributed by atoms with Crippen LogP contribution in [0.15, 0.2) is 24.3 Å². The number of hydrogen-bond acceptors (Lipinski definition) is 2. The van der Waals surface area contributed by atoms with Crippen LogP contribution in [0.25, 0.3) is 0 Å². The molecule has 0 unspecified atom stereocenters. The van der Waals surface area contributed by atoms with Crippen LogP contribution >= 0.6 is 0 Å².